The predicted molar refractivity (Wildman–Crippen MR) is 95.1 cm³/mol. The van der Waals surface area contributed by atoms with E-state index in [2.05, 4.69) is 50.2 Å². The molecule has 0 saturated carbocycles. The molecule has 0 spiro atoms. The van der Waals surface area contributed by atoms with E-state index in [0.717, 1.165) is 48.1 Å². The molecule has 0 amide bonds. The van der Waals surface area contributed by atoms with Gasteiger partial charge in [0.2, 0.25) is 0 Å². The van der Waals surface area contributed by atoms with Crippen molar-refractivity contribution in [1.82, 2.24) is 19.9 Å². The first-order valence-corrected chi connectivity index (χ1v) is 8.16. The molecule has 24 heavy (non-hydrogen) atoms. The summed E-state index contributed by atoms with van der Waals surface area (Å²) in [5, 5.41) is 0. The number of aryl methyl sites for hydroxylation is 2. The van der Waals surface area contributed by atoms with Crippen molar-refractivity contribution in [3.63, 3.8) is 0 Å². The number of hydrogen-bond acceptors (Lipinski definition) is 4. The summed E-state index contributed by atoms with van der Waals surface area (Å²) in [5.74, 6) is 0. The molecule has 0 aliphatic carbocycles. The molecular formula is C20H22N4. The van der Waals surface area contributed by atoms with Gasteiger partial charge in [0.15, 0.2) is 0 Å². The van der Waals surface area contributed by atoms with Crippen molar-refractivity contribution in [2.75, 3.05) is 0 Å². The van der Waals surface area contributed by atoms with Crippen LogP contribution >= 0.6 is 0 Å². The third-order valence-electron chi connectivity index (χ3n) is 3.77. The van der Waals surface area contributed by atoms with Crippen LogP contribution in [0.3, 0.4) is 0 Å². The molecule has 0 aliphatic rings. The van der Waals surface area contributed by atoms with Crippen molar-refractivity contribution < 1.29 is 0 Å². The lowest BCUT2D eigenvalue weighted by Gasteiger charge is -2.21. The molecule has 3 rings (SSSR count). The summed E-state index contributed by atoms with van der Waals surface area (Å²) in [7, 11) is 0. The molecule has 4 heteroatoms. The standard InChI is InChI=1S/C20H22N4/c1-16-7-5-10-19(22-16)14-24(13-18-9-3-4-12-21-18)15-20-11-6-8-17(2)23-20/h3-12H,13-15H2,1-2H3. The van der Waals surface area contributed by atoms with Crippen molar-refractivity contribution in [3.05, 3.63) is 89.3 Å². The van der Waals surface area contributed by atoms with Gasteiger partial charge in [-0.1, -0.05) is 18.2 Å². The van der Waals surface area contributed by atoms with Gasteiger partial charge in [0.1, 0.15) is 0 Å². The van der Waals surface area contributed by atoms with Crippen molar-refractivity contribution >= 4 is 0 Å². The van der Waals surface area contributed by atoms with Crippen molar-refractivity contribution in [3.8, 4) is 0 Å². The summed E-state index contributed by atoms with van der Waals surface area (Å²) < 4.78 is 0. The van der Waals surface area contributed by atoms with Crippen LogP contribution in [-0.4, -0.2) is 19.9 Å². The lowest BCUT2D eigenvalue weighted by atomic mass is 10.2. The minimum atomic E-state index is 0.770. The molecular weight excluding hydrogens is 296 g/mol. The SMILES string of the molecule is Cc1cccc(CN(Cc2ccccn2)Cc2cccc(C)n2)n1. The smallest absolute Gasteiger partial charge is 0.0547 e. The van der Waals surface area contributed by atoms with Gasteiger partial charge in [-0.2, -0.15) is 0 Å². The molecule has 0 fully saturated rings. The molecule has 0 saturated heterocycles. The Morgan fingerprint density at radius 1 is 0.667 bits per heavy atom. The van der Waals surface area contributed by atoms with Crippen LogP contribution < -0.4 is 0 Å². The van der Waals surface area contributed by atoms with Gasteiger partial charge in [0.05, 0.1) is 17.1 Å². The van der Waals surface area contributed by atoms with Gasteiger partial charge in [0.25, 0.3) is 0 Å². The van der Waals surface area contributed by atoms with E-state index in [1.165, 1.54) is 0 Å². The van der Waals surface area contributed by atoms with Gasteiger partial charge < -0.3 is 0 Å². The summed E-state index contributed by atoms with van der Waals surface area (Å²) in [4.78, 5) is 16.0. The minimum absolute atomic E-state index is 0.770. The number of pyridine rings is 3. The Labute approximate surface area is 143 Å². The molecule has 0 atom stereocenters. The van der Waals surface area contributed by atoms with Crippen LogP contribution in [0, 0.1) is 13.8 Å². The Morgan fingerprint density at radius 2 is 1.21 bits per heavy atom. The molecule has 0 radical (unpaired) electrons. The topological polar surface area (TPSA) is 41.9 Å². The molecule has 0 aliphatic heterocycles. The minimum Gasteiger partial charge on any atom is -0.286 e. The first-order chi connectivity index (χ1) is 11.7. The summed E-state index contributed by atoms with van der Waals surface area (Å²) in [6.45, 7) is 6.36. The second-order valence-corrected chi connectivity index (χ2v) is 6.01. The highest BCUT2D eigenvalue weighted by molar-refractivity contribution is 5.13. The van der Waals surface area contributed by atoms with E-state index in [4.69, 9.17) is 0 Å². The van der Waals surface area contributed by atoms with Crippen molar-refractivity contribution in [2.45, 2.75) is 33.5 Å². The van der Waals surface area contributed by atoms with E-state index in [0.29, 0.717) is 0 Å². The fourth-order valence-electron chi connectivity index (χ4n) is 2.72. The zero-order chi connectivity index (χ0) is 16.8. The second kappa shape index (κ2) is 7.79. The van der Waals surface area contributed by atoms with E-state index in [1.807, 2.05) is 44.3 Å². The highest BCUT2D eigenvalue weighted by atomic mass is 15.1. The molecule has 4 nitrogen and oxygen atoms in total. The number of hydrogen-bond donors (Lipinski definition) is 0. The lowest BCUT2D eigenvalue weighted by Crippen LogP contribution is -2.24. The van der Waals surface area contributed by atoms with Crippen LogP contribution in [0.15, 0.2) is 60.8 Å². The average Bonchev–Trinajstić information content (AvgIpc) is 2.56. The zero-order valence-electron chi connectivity index (χ0n) is 14.2. The van der Waals surface area contributed by atoms with Crippen molar-refractivity contribution in [1.29, 1.82) is 0 Å². The number of aromatic nitrogens is 3. The predicted octanol–water partition coefficient (Wildman–Crippen LogP) is 3.69. The Bertz CT molecular complexity index is 739. The molecule has 3 heterocycles. The fourth-order valence-corrected chi connectivity index (χ4v) is 2.72. The summed E-state index contributed by atoms with van der Waals surface area (Å²) in [6, 6.07) is 18.3. The third-order valence-corrected chi connectivity index (χ3v) is 3.77. The Kier molecular flexibility index (Phi) is 5.29. The van der Waals surface area contributed by atoms with Crippen LogP contribution in [0.4, 0.5) is 0 Å². The highest BCUT2D eigenvalue weighted by Crippen LogP contribution is 2.12. The summed E-state index contributed by atoms with van der Waals surface area (Å²) in [5.41, 5.74) is 5.27. The van der Waals surface area contributed by atoms with Gasteiger partial charge in [-0.3, -0.25) is 19.9 Å². The molecule has 0 bridgehead atoms. The van der Waals surface area contributed by atoms with Gasteiger partial charge in [-0.15, -0.1) is 0 Å². The molecule has 0 unspecified atom stereocenters. The maximum absolute atomic E-state index is 4.63. The van der Waals surface area contributed by atoms with E-state index in [-0.39, 0.29) is 0 Å². The van der Waals surface area contributed by atoms with E-state index in [9.17, 15) is 0 Å². The van der Waals surface area contributed by atoms with E-state index < -0.39 is 0 Å². The molecule has 3 aromatic heterocycles. The Hall–Kier alpha value is -2.59. The van der Waals surface area contributed by atoms with Gasteiger partial charge in [0, 0.05) is 37.2 Å². The average molecular weight is 318 g/mol. The highest BCUT2D eigenvalue weighted by Gasteiger charge is 2.11. The lowest BCUT2D eigenvalue weighted by molar-refractivity contribution is 0.238. The monoisotopic (exact) mass is 318 g/mol. The van der Waals surface area contributed by atoms with Gasteiger partial charge >= 0.3 is 0 Å². The first-order valence-electron chi connectivity index (χ1n) is 8.16. The van der Waals surface area contributed by atoms with E-state index in [1.54, 1.807) is 0 Å². The Balaban J connectivity index is 1.80. The molecule has 122 valence electrons. The quantitative estimate of drug-likeness (QED) is 0.695. The normalized spacial score (nSPS) is 11.0. The van der Waals surface area contributed by atoms with Gasteiger partial charge in [-0.25, -0.2) is 0 Å². The largest absolute Gasteiger partial charge is 0.286 e. The molecule has 0 N–H and O–H groups in total. The number of rotatable bonds is 6. The number of nitrogens with zero attached hydrogens (tertiary/aromatic N) is 4. The van der Waals surface area contributed by atoms with Crippen molar-refractivity contribution in [2.24, 2.45) is 0 Å². The second-order valence-electron chi connectivity index (χ2n) is 6.01. The molecule has 3 aromatic rings. The molecule has 0 aromatic carbocycles. The zero-order valence-corrected chi connectivity index (χ0v) is 14.2. The van der Waals surface area contributed by atoms with Crippen LogP contribution in [0.1, 0.15) is 28.5 Å². The summed E-state index contributed by atoms with van der Waals surface area (Å²) >= 11 is 0. The van der Waals surface area contributed by atoms with Crippen LogP contribution in [0.25, 0.3) is 0 Å². The van der Waals surface area contributed by atoms with E-state index >= 15 is 0 Å². The maximum atomic E-state index is 4.63. The third kappa shape index (κ3) is 4.70. The van der Waals surface area contributed by atoms with Gasteiger partial charge in [-0.05, 0) is 50.2 Å². The summed E-state index contributed by atoms with van der Waals surface area (Å²) in [6.07, 6.45) is 1.84. The van der Waals surface area contributed by atoms with Crippen LogP contribution in [-0.2, 0) is 19.6 Å². The van der Waals surface area contributed by atoms with Crippen LogP contribution in [0.2, 0.25) is 0 Å². The fraction of sp³-hybridized carbons (Fsp3) is 0.250. The first kappa shape index (κ1) is 16.3. The Morgan fingerprint density at radius 3 is 1.71 bits per heavy atom. The maximum Gasteiger partial charge on any atom is 0.0547 e. The van der Waals surface area contributed by atoms with Crippen LogP contribution in [0.5, 0.6) is 0 Å².